The highest BCUT2D eigenvalue weighted by atomic mass is 32.1. The lowest BCUT2D eigenvalue weighted by atomic mass is 9.95. The average Bonchev–Trinajstić information content (AvgIpc) is 2.80. The molecule has 0 radical (unpaired) electrons. The van der Waals surface area contributed by atoms with Gasteiger partial charge in [-0.25, -0.2) is 15.0 Å². The number of nitrogens with one attached hydrogen (secondary N) is 1. The van der Waals surface area contributed by atoms with Gasteiger partial charge in [-0.15, -0.1) is 11.3 Å². The van der Waals surface area contributed by atoms with Crippen molar-refractivity contribution in [1.82, 2.24) is 15.0 Å². The molecule has 0 aliphatic heterocycles. The van der Waals surface area contributed by atoms with Gasteiger partial charge in [-0.3, -0.25) is 0 Å². The summed E-state index contributed by atoms with van der Waals surface area (Å²) in [5.74, 6) is 2.06. The van der Waals surface area contributed by atoms with Crippen LogP contribution in [0.3, 0.4) is 0 Å². The van der Waals surface area contributed by atoms with Gasteiger partial charge in [0.1, 0.15) is 22.5 Å². The molecule has 0 fully saturated rings. The van der Waals surface area contributed by atoms with Gasteiger partial charge in [0.25, 0.3) is 0 Å². The Hall–Kier alpha value is -1.69. The molecule has 0 saturated heterocycles. The van der Waals surface area contributed by atoms with Crippen molar-refractivity contribution in [2.24, 2.45) is 0 Å². The van der Waals surface area contributed by atoms with Gasteiger partial charge in [-0.1, -0.05) is 20.8 Å². The van der Waals surface area contributed by atoms with Crippen LogP contribution in [0, 0.1) is 13.8 Å². The lowest BCUT2D eigenvalue weighted by molar-refractivity contribution is 0.546. The van der Waals surface area contributed by atoms with Crippen molar-refractivity contribution in [3.8, 4) is 0 Å². The number of anilines is 2. The molecule has 0 amide bonds. The SMILES string of the molecule is Cc1csc(C(C)Nc2nc(C(C)(C)C)nc(N)c2C)n1. The quantitative estimate of drug-likeness (QED) is 0.906. The predicted octanol–water partition coefficient (Wildman–Crippen LogP) is 3.60. The molecule has 0 aliphatic carbocycles. The van der Waals surface area contributed by atoms with E-state index in [1.807, 2.05) is 13.8 Å². The third kappa shape index (κ3) is 3.50. The van der Waals surface area contributed by atoms with Crippen molar-refractivity contribution in [3.05, 3.63) is 27.5 Å². The molecule has 2 rings (SSSR count). The van der Waals surface area contributed by atoms with Gasteiger partial charge < -0.3 is 11.1 Å². The Balaban J connectivity index is 2.33. The Morgan fingerprint density at radius 1 is 1.19 bits per heavy atom. The van der Waals surface area contributed by atoms with E-state index in [2.05, 4.69) is 53.3 Å². The Bertz CT molecular complexity index is 642. The first-order valence-corrected chi connectivity index (χ1v) is 7.89. The van der Waals surface area contributed by atoms with E-state index < -0.39 is 0 Å². The molecule has 2 aromatic heterocycles. The summed E-state index contributed by atoms with van der Waals surface area (Å²) in [5.41, 5.74) is 7.81. The maximum Gasteiger partial charge on any atom is 0.138 e. The molecule has 6 heteroatoms. The van der Waals surface area contributed by atoms with Crippen LogP contribution in [0.4, 0.5) is 11.6 Å². The predicted molar refractivity (Wildman–Crippen MR) is 88.8 cm³/mol. The van der Waals surface area contributed by atoms with Crippen LogP contribution in [-0.4, -0.2) is 15.0 Å². The minimum absolute atomic E-state index is 0.0875. The van der Waals surface area contributed by atoms with Crippen molar-refractivity contribution in [2.75, 3.05) is 11.1 Å². The van der Waals surface area contributed by atoms with E-state index in [4.69, 9.17) is 5.73 Å². The van der Waals surface area contributed by atoms with Gasteiger partial charge in [0.15, 0.2) is 0 Å². The monoisotopic (exact) mass is 305 g/mol. The molecule has 2 aromatic rings. The maximum atomic E-state index is 6.03. The van der Waals surface area contributed by atoms with Crippen molar-refractivity contribution >= 4 is 23.0 Å². The van der Waals surface area contributed by atoms with Gasteiger partial charge >= 0.3 is 0 Å². The van der Waals surface area contributed by atoms with Crippen LogP contribution >= 0.6 is 11.3 Å². The number of nitrogen functional groups attached to an aromatic ring is 1. The van der Waals surface area contributed by atoms with Crippen molar-refractivity contribution in [3.63, 3.8) is 0 Å². The number of nitrogens with zero attached hydrogens (tertiary/aromatic N) is 3. The van der Waals surface area contributed by atoms with Crippen LogP contribution in [0.25, 0.3) is 0 Å². The van der Waals surface area contributed by atoms with E-state index in [0.29, 0.717) is 5.82 Å². The fraction of sp³-hybridized carbons (Fsp3) is 0.533. The van der Waals surface area contributed by atoms with Crippen LogP contribution in [0.2, 0.25) is 0 Å². The Labute approximate surface area is 130 Å². The van der Waals surface area contributed by atoms with E-state index in [-0.39, 0.29) is 11.5 Å². The fourth-order valence-corrected chi connectivity index (χ4v) is 2.65. The van der Waals surface area contributed by atoms with Gasteiger partial charge in [0.05, 0.1) is 6.04 Å². The molecule has 1 atom stereocenters. The molecule has 1 unspecified atom stereocenters. The smallest absolute Gasteiger partial charge is 0.138 e. The summed E-state index contributed by atoms with van der Waals surface area (Å²) in [6, 6.07) is 0.0875. The minimum Gasteiger partial charge on any atom is -0.383 e. The van der Waals surface area contributed by atoms with Crippen LogP contribution < -0.4 is 11.1 Å². The number of thiazole rings is 1. The van der Waals surface area contributed by atoms with Gasteiger partial charge in [-0.05, 0) is 20.8 Å². The van der Waals surface area contributed by atoms with Crippen molar-refractivity contribution in [1.29, 1.82) is 0 Å². The second-order valence-electron chi connectivity index (χ2n) is 6.35. The lowest BCUT2D eigenvalue weighted by Gasteiger charge is -2.21. The molecule has 3 N–H and O–H groups in total. The first-order chi connectivity index (χ1) is 9.68. The van der Waals surface area contributed by atoms with Crippen LogP contribution in [0.15, 0.2) is 5.38 Å². The highest BCUT2D eigenvalue weighted by molar-refractivity contribution is 7.09. The van der Waals surface area contributed by atoms with Crippen LogP contribution in [0.5, 0.6) is 0 Å². The Kier molecular flexibility index (Phi) is 4.18. The summed E-state index contributed by atoms with van der Waals surface area (Å²) in [6.45, 7) is 12.2. The second-order valence-corrected chi connectivity index (χ2v) is 7.24. The molecule has 21 heavy (non-hydrogen) atoms. The summed E-state index contributed by atoms with van der Waals surface area (Å²) in [7, 11) is 0. The standard InChI is InChI=1S/C15H23N5S/c1-8-7-21-13(17-8)10(3)18-12-9(2)11(16)19-14(20-12)15(4,5)6/h7,10H,1-6H3,(H3,16,18,19,20). The molecular formula is C15H23N5S. The summed E-state index contributed by atoms with van der Waals surface area (Å²) in [5, 5.41) is 6.50. The number of nitrogens with two attached hydrogens (primary N) is 1. The Morgan fingerprint density at radius 3 is 2.38 bits per heavy atom. The van der Waals surface area contributed by atoms with Crippen LogP contribution in [-0.2, 0) is 5.41 Å². The highest BCUT2D eigenvalue weighted by Crippen LogP contribution is 2.28. The maximum absolute atomic E-state index is 6.03. The molecule has 0 aromatic carbocycles. The normalized spacial score (nSPS) is 13.2. The number of rotatable bonds is 3. The third-order valence-corrected chi connectivity index (χ3v) is 4.36. The number of aromatic nitrogens is 3. The van der Waals surface area contributed by atoms with E-state index in [0.717, 1.165) is 27.9 Å². The average molecular weight is 305 g/mol. The van der Waals surface area contributed by atoms with Gasteiger partial charge in [-0.2, -0.15) is 0 Å². The fourth-order valence-electron chi connectivity index (χ4n) is 1.85. The molecule has 5 nitrogen and oxygen atoms in total. The zero-order valence-electron chi connectivity index (χ0n) is 13.5. The number of hydrogen-bond acceptors (Lipinski definition) is 6. The molecule has 0 saturated carbocycles. The van der Waals surface area contributed by atoms with Gasteiger partial charge in [0.2, 0.25) is 0 Å². The minimum atomic E-state index is -0.140. The first kappa shape index (κ1) is 15.7. The largest absolute Gasteiger partial charge is 0.383 e. The van der Waals surface area contributed by atoms with Crippen molar-refractivity contribution in [2.45, 2.75) is 53.0 Å². The molecule has 114 valence electrons. The van der Waals surface area contributed by atoms with Crippen molar-refractivity contribution < 1.29 is 0 Å². The summed E-state index contributed by atoms with van der Waals surface area (Å²) in [6.07, 6.45) is 0. The zero-order chi connectivity index (χ0) is 15.8. The number of aryl methyl sites for hydroxylation is 1. The van der Waals surface area contributed by atoms with E-state index in [1.165, 1.54) is 0 Å². The summed E-state index contributed by atoms with van der Waals surface area (Å²) in [4.78, 5) is 13.6. The molecule has 2 heterocycles. The zero-order valence-corrected chi connectivity index (χ0v) is 14.3. The first-order valence-electron chi connectivity index (χ1n) is 7.01. The summed E-state index contributed by atoms with van der Waals surface area (Å²) >= 11 is 1.65. The van der Waals surface area contributed by atoms with Gasteiger partial charge in [0, 0.05) is 22.1 Å². The topological polar surface area (TPSA) is 76.7 Å². The third-order valence-electron chi connectivity index (χ3n) is 3.21. The lowest BCUT2D eigenvalue weighted by Crippen LogP contribution is -2.20. The second kappa shape index (κ2) is 5.60. The van der Waals surface area contributed by atoms with E-state index in [1.54, 1.807) is 11.3 Å². The molecule has 0 bridgehead atoms. The highest BCUT2D eigenvalue weighted by Gasteiger charge is 2.21. The van der Waals surface area contributed by atoms with E-state index in [9.17, 15) is 0 Å². The van der Waals surface area contributed by atoms with E-state index >= 15 is 0 Å². The van der Waals surface area contributed by atoms with Crippen LogP contribution in [0.1, 0.15) is 55.8 Å². The molecule has 0 aliphatic rings. The summed E-state index contributed by atoms with van der Waals surface area (Å²) < 4.78 is 0. The molecule has 0 spiro atoms. The number of hydrogen-bond donors (Lipinski definition) is 2. The Morgan fingerprint density at radius 2 is 1.86 bits per heavy atom. The molecular weight excluding hydrogens is 282 g/mol.